The Morgan fingerprint density at radius 1 is 1.53 bits per heavy atom. The second-order valence-corrected chi connectivity index (χ2v) is 6.77. The Balaban J connectivity index is 2.06. The van der Waals surface area contributed by atoms with Gasteiger partial charge >= 0.3 is 0 Å². The van der Waals surface area contributed by atoms with E-state index < -0.39 is 0 Å². The van der Waals surface area contributed by atoms with Crippen molar-refractivity contribution in [1.82, 2.24) is 9.55 Å². The minimum atomic E-state index is 0.398. The molecular formula is C12H14BrN3S. The Hall–Kier alpha value is -0.680. The van der Waals surface area contributed by atoms with Crippen molar-refractivity contribution in [2.45, 2.75) is 24.1 Å². The first-order chi connectivity index (χ1) is 8.13. The highest BCUT2D eigenvalue weighted by molar-refractivity contribution is 9.10. The molecule has 0 atom stereocenters. The summed E-state index contributed by atoms with van der Waals surface area (Å²) in [7, 11) is 0. The molecule has 3 rings (SSSR count). The van der Waals surface area contributed by atoms with Crippen LogP contribution >= 0.6 is 27.7 Å². The molecule has 17 heavy (non-hydrogen) atoms. The molecule has 0 aliphatic heterocycles. The van der Waals surface area contributed by atoms with Gasteiger partial charge in [-0.05, 0) is 37.3 Å². The second-order valence-electron chi connectivity index (χ2n) is 4.58. The molecule has 0 bridgehead atoms. The molecule has 1 aromatic carbocycles. The molecule has 0 spiro atoms. The van der Waals surface area contributed by atoms with E-state index in [0.29, 0.717) is 10.7 Å². The van der Waals surface area contributed by atoms with E-state index in [4.69, 9.17) is 5.73 Å². The number of aromatic nitrogens is 2. The Bertz CT molecular complexity index is 574. The van der Waals surface area contributed by atoms with Crippen LogP contribution in [0.4, 0.5) is 5.95 Å². The molecule has 0 saturated heterocycles. The minimum Gasteiger partial charge on any atom is -0.369 e. The van der Waals surface area contributed by atoms with E-state index in [2.05, 4.69) is 37.8 Å². The maximum atomic E-state index is 6.02. The summed E-state index contributed by atoms with van der Waals surface area (Å²) in [5.74, 6) is 0.624. The molecule has 1 aliphatic rings. The zero-order valence-electron chi connectivity index (χ0n) is 9.61. The first-order valence-corrected chi connectivity index (χ1v) is 7.62. The zero-order chi connectivity index (χ0) is 12.0. The molecule has 1 aromatic heterocycles. The number of rotatable bonds is 3. The molecule has 0 unspecified atom stereocenters. The first kappa shape index (κ1) is 11.4. The van der Waals surface area contributed by atoms with Crippen LogP contribution in [0.25, 0.3) is 11.0 Å². The monoisotopic (exact) mass is 311 g/mol. The molecular weight excluding hydrogens is 298 g/mol. The van der Waals surface area contributed by atoms with E-state index in [1.54, 1.807) is 0 Å². The number of nitrogens with zero attached hydrogens (tertiary/aromatic N) is 2. The third-order valence-electron chi connectivity index (χ3n) is 3.43. The van der Waals surface area contributed by atoms with Gasteiger partial charge in [0.2, 0.25) is 5.95 Å². The van der Waals surface area contributed by atoms with Crippen LogP contribution in [-0.2, 0) is 6.54 Å². The number of hydrogen-bond acceptors (Lipinski definition) is 3. The van der Waals surface area contributed by atoms with Crippen LogP contribution < -0.4 is 5.73 Å². The van der Waals surface area contributed by atoms with Gasteiger partial charge in [0.1, 0.15) is 0 Å². The average Bonchev–Trinajstić information content (AvgIpc) is 3.01. The van der Waals surface area contributed by atoms with Crippen LogP contribution in [0.1, 0.15) is 12.8 Å². The fourth-order valence-electron chi connectivity index (χ4n) is 2.14. The number of anilines is 1. The smallest absolute Gasteiger partial charge is 0.201 e. The van der Waals surface area contributed by atoms with E-state index >= 15 is 0 Å². The van der Waals surface area contributed by atoms with Gasteiger partial charge in [0, 0.05) is 15.8 Å². The lowest BCUT2D eigenvalue weighted by atomic mass is 10.3. The summed E-state index contributed by atoms with van der Waals surface area (Å²) in [6.07, 6.45) is 4.74. The Labute approximate surface area is 113 Å². The molecule has 2 aromatic rings. The largest absolute Gasteiger partial charge is 0.369 e. The average molecular weight is 312 g/mol. The van der Waals surface area contributed by atoms with E-state index in [0.717, 1.165) is 22.1 Å². The van der Waals surface area contributed by atoms with E-state index in [1.807, 2.05) is 23.9 Å². The number of benzene rings is 1. The highest BCUT2D eigenvalue weighted by atomic mass is 79.9. The van der Waals surface area contributed by atoms with Crippen molar-refractivity contribution < 1.29 is 0 Å². The Morgan fingerprint density at radius 3 is 2.94 bits per heavy atom. The van der Waals surface area contributed by atoms with E-state index in [-0.39, 0.29) is 0 Å². The summed E-state index contributed by atoms with van der Waals surface area (Å²) >= 11 is 5.40. The molecule has 1 aliphatic carbocycles. The van der Waals surface area contributed by atoms with Crippen LogP contribution in [0.3, 0.4) is 0 Å². The van der Waals surface area contributed by atoms with Gasteiger partial charge in [-0.2, -0.15) is 11.8 Å². The quantitative estimate of drug-likeness (QED) is 0.946. The zero-order valence-corrected chi connectivity index (χ0v) is 12.0. The summed E-state index contributed by atoms with van der Waals surface area (Å²) in [5.41, 5.74) is 8.12. The fraction of sp³-hybridized carbons (Fsp3) is 0.417. The SMILES string of the molecule is CSC1(Cn2c(N)nc3cc(Br)ccc32)CC1. The van der Waals surface area contributed by atoms with Crippen LogP contribution in [-0.4, -0.2) is 20.6 Å². The standard InChI is InChI=1S/C12H14BrN3S/c1-17-12(4-5-12)7-16-10-3-2-8(13)6-9(10)15-11(16)14/h2-3,6H,4-5,7H2,1H3,(H2,14,15). The third kappa shape index (κ3) is 1.95. The van der Waals surface area contributed by atoms with Crippen LogP contribution in [0.2, 0.25) is 0 Å². The van der Waals surface area contributed by atoms with Gasteiger partial charge in [-0.25, -0.2) is 4.98 Å². The number of halogens is 1. The predicted octanol–water partition coefficient (Wildman–Crippen LogP) is 3.28. The number of nitrogen functional groups attached to an aromatic ring is 1. The normalized spacial score (nSPS) is 17.5. The maximum Gasteiger partial charge on any atom is 0.201 e. The van der Waals surface area contributed by atoms with Crippen molar-refractivity contribution in [2.24, 2.45) is 0 Å². The van der Waals surface area contributed by atoms with Crippen molar-refractivity contribution in [3.63, 3.8) is 0 Å². The summed E-state index contributed by atoms with van der Waals surface area (Å²) in [6.45, 7) is 0.970. The van der Waals surface area contributed by atoms with Crippen molar-refractivity contribution in [3.05, 3.63) is 22.7 Å². The highest BCUT2D eigenvalue weighted by Gasteiger charge is 2.42. The van der Waals surface area contributed by atoms with Crippen molar-refractivity contribution in [2.75, 3.05) is 12.0 Å². The number of fused-ring (bicyclic) bond motifs is 1. The topological polar surface area (TPSA) is 43.8 Å². The third-order valence-corrected chi connectivity index (χ3v) is 5.32. The van der Waals surface area contributed by atoms with Crippen LogP contribution in [0.5, 0.6) is 0 Å². The molecule has 3 nitrogen and oxygen atoms in total. The predicted molar refractivity (Wildman–Crippen MR) is 77.3 cm³/mol. The van der Waals surface area contributed by atoms with Gasteiger partial charge in [0.15, 0.2) is 0 Å². The lowest BCUT2D eigenvalue weighted by molar-refractivity contribution is 0.687. The lowest BCUT2D eigenvalue weighted by Gasteiger charge is -2.14. The molecule has 1 saturated carbocycles. The summed E-state index contributed by atoms with van der Waals surface area (Å²) < 4.78 is 3.58. The highest BCUT2D eigenvalue weighted by Crippen LogP contribution is 2.49. The van der Waals surface area contributed by atoms with Gasteiger partial charge in [-0.1, -0.05) is 15.9 Å². The molecule has 0 radical (unpaired) electrons. The first-order valence-electron chi connectivity index (χ1n) is 5.60. The van der Waals surface area contributed by atoms with Gasteiger partial charge in [-0.3, -0.25) is 0 Å². The van der Waals surface area contributed by atoms with Crippen molar-refractivity contribution >= 4 is 44.7 Å². The summed E-state index contributed by atoms with van der Waals surface area (Å²) in [5, 5.41) is 0. The Kier molecular flexibility index (Phi) is 2.63. The summed E-state index contributed by atoms with van der Waals surface area (Å²) in [6, 6.07) is 6.14. The van der Waals surface area contributed by atoms with E-state index in [1.165, 1.54) is 12.8 Å². The lowest BCUT2D eigenvalue weighted by Crippen LogP contribution is -2.15. The fourth-order valence-corrected chi connectivity index (χ4v) is 3.26. The van der Waals surface area contributed by atoms with Crippen molar-refractivity contribution in [3.8, 4) is 0 Å². The molecule has 90 valence electrons. The van der Waals surface area contributed by atoms with Gasteiger partial charge in [-0.15, -0.1) is 0 Å². The molecule has 0 amide bonds. The maximum absolute atomic E-state index is 6.02. The van der Waals surface area contributed by atoms with Gasteiger partial charge in [0.25, 0.3) is 0 Å². The minimum absolute atomic E-state index is 0.398. The van der Waals surface area contributed by atoms with Crippen LogP contribution in [0.15, 0.2) is 22.7 Å². The van der Waals surface area contributed by atoms with E-state index in [9.17, 15) is 0 Å². The Morgan fingerprint density at radius 2 is 2.29 bits per heavy atom. The van der Waals surface area contributed by atoms with Crippen LogP contribution in [0, 0.1) is 0 Å². The number of imidazole rings is 1. The second kappa shape index (κ2) is 3.92. The van der Waals surface area contributed by atoms with Gasteiger partial charge < -0.3 is 10.3 Å². The number of thioether (sulfide) groups is 1. The van der Waals surface area contributed by atoms with Gasteiger partial charge in [0.05, 0.1) is 11.0 Å². The molecule has 5 heteroatoms. The van der Waals surface area contributed by atoms with Crippen molar-refractivity contribution in [1.29, 1.82) is 0 Å². The summed E-state index contributed by atoms with van der Waals surface area (Å²) in [4.78, 5) is 4.42. The number of hydrogen-bond donors (Lipinski definition) is 1. The molecule has 1 fully saturated rings. The molecule has 1 heterocycles. The number of nitrogens with two attached hydrogens (primary N) is 1. The molecule has 2 N–H and O–H groups in total.